The van der Waals surface area contributed by atoms with E-state index >= 15 is 0 Å². The number of carboxylic acids is 1. The molecule has 204 valence electrons. The van der Waals surface area contributed by atoms with Crippen LogP contribution in [-0.4, -0.2) is 80.8 Å². The smallest absolute Gasteiger partial charge is 0.475 e. The molecule has 2 aromatic carbocycles. The number of alkyl halides is 3. The molecule has 0 radical (unpaired) electrons. The number of amides is 1. The maximum absolute atomic E-state index is 13.2. The van der Waals surface area contributed by atoms with Gasteiger partial charge in [0, 0.05) is 44.2 Å². The number of carbonyl (C=O) groups is 2. The highest BCUT2D eigenvalue weighted by Crippen LogP contribution is 2.24. The lowest BCUT2D eigenvalue weighted by Gasteiger charge is -2.34. The van der Waals surface area contributed by atoms with Gasteiger partial charge < -0.3 is 20.3 Å². The van der Waals surface area contributed by atoms with Gasteiger partial charge in [0.2, 0.25) is 0 Å². The number of hydrogen-bond donors (Lipinski definition) is 2. The monoisotopic (exact) mass is 531 g/mol. The number of aryl methyl sites for hydroxylation is 1. The van der Waals surface area contributed by atoms with E-state index < -0.39 is 12.1 Å². The summed E-state index contributed by atoms with van der Waals surface area (Å²) in [6.07, 6.45) is -1.13. The molecule has 8 nitrogen and oxygen atoms in total. The Balaban J connectivity index is 0.000000426. The summed E-state index contributed by atoms with van der Waals surface area (Å²) in [7, 11) is 2.05. The molecule has 1 amide bonds. The number of benzene rings is 2. The molecule has 0 saturated carbocycles. The van der Waals surface area contributed by atoms with Gasteiger partial charge in [-0.05, 0) is 56.1 Å². The summed E-state index contributed by atoms with van der Waals surface area (Å²) in [5.74, 6) is -1.63. The fourth-order valence-corrected chi connectivity index (χ4v) is 5.01. The quantitative estimate of drug-likeness (QED) is 0.535. The number of aromatic nitrogens is 2. The third-order valence-corrected chi connectivity index (χ3v) is 7.21. The first-order valence-corrected chi connectivity index (χ1v) is 12.6. The predicted octanol–water partition coefficient (Wildman–Crippen LogP) is 3.44. The van der Waals surface area contributed by atoms with Crippen molar-refractivity contribution in [3.8, 4) is 0 Å². The number of carbonyl (C=O) groups excluding carboxylic acids is 1. The molecule has 2 saturated heterocycles. The van der Waals surface area contributed by atoms with Crippen molar-refractivity contribution in [1.82, 2.24) is 19.4 Å². The number of imidazole rings is 1. The summed E-state index contributed by atoms with van der Waals surface area (Å²) < 4.78 is 33.9. The summed E-state index contributed by atoms with van der Waals surface area (Å²) in [5, 5.41) is 7.12. The normalized spacial score (nSPS) is 18.9. The molecule has 38 heavy (non-hydrogen) atoms. The van der Waals surface area contributed by atoms with E-state index in [0.717, 1.165) is 74.3 Å². The van der Waals surface area contributed by atoms with Gasteiger partial charge in [-0.2, -0.15) is 13.2 Å². The number of halogens is 3. The van der Waals surface area contributed by atoms with E-state index in [1.165, 1.54) is 5.56 Å². The van der Waals surface area contributed by atoms with Crippen LogP contribution in [0.15, 0.2) is 48.5 Å². The first-order chi connectivity index (χ1) is 18.0. The average molecular weight is 532 g/mol. The van der Waals surface area contributed by atoms with Crippen molar-refractivity contribution >= 4 is 22.9 Å². The van der Waals surface area contributed by atoms with E-state index in [4.69, 9.17) is 20.6 Å². The number of nitrogens with two attached hydrogens (primary N) is 1. The number of nitrogens with zero attached hydrogens (tertiary/aromatic N) is 4. The van der Waals surface area contributed by atoms with Crippen molar-refractivity contribution in [1.29, 1.82) is 0 Å². The lowest BCUT2D eigenvalue weighted by molar-refractivity contribution is -0.192. The molecule has 1 aromatic heterocycles. The number of rotatable bonds is 4. The first-order valence-electron chi connectivity index (χ1n) is 12.6. The Bertz CT molecular complexity index is 1270. The van der Waals surface area contributed by atoms with Gasteiger partial charge in [0.25, 0.3) is 5.91 Å². The maximum Gasteiger partial charge on any atom is 0.490 e. The largest absolute Gasteiger partial charge is 0.490 e. The lowest BCUT2D eigenvalue weighted by atomic mass is 10.0. The Labute approximate surface area is 218 Å². The topological polar surface area (TPSA) is 105 Å². The highest BCUT2D eigenvalue weighted by molar-refractivity contribution is 5.97. The van der Waals surface area contributed by atoms with Crippen molar-refractivity contribution < 1.29 is 27.9 Å². The summed E-state index contributed by atoms with van der Waals surface area (Å²) in [6.45, 7) is 3.75. The lowest BCUT2D eigenvalue weighted by Crippen LogP contribution is -2.46. The van der Waals surface area contributed by atoms with Crippen molar-refractivity contribution in [3.63, 3.8) is 0 Å². The summed E-state index contributed by atoms with van der Waals surface area (Å²) in [6, 6.07) is 17.1. The van der Waals surface area contributed by atoms with Crippen LogP contribution in [0.25, 0.3) is 11.0 Å². The molecule has 11 heteroatoms. The van der Waals surface area contributed by atoms with E-state index in [9.17, 15) is 18.0 Å². The van der Waals surface area contributed by atoms with Crippen LogP contribution in [0, 0.1) is 0 Å². The minimum atomic E-state index is -5.08. The second-order valence-corrected chi connectivity index (χ2v) is 9.82. The number of carboxylic acid groups (broad SMARTS) is 1. The second kappa shape index (κ2) is 11.5. The first kappa shape index (κ1) is 27.6. The zero-order valence-corrected chi connectivity index (χ0v) is 21.2. The minimum Gasteiger partial charge on any atom is -0.475 e. The van der Waals surface area contributed by atoms with E-state index in [1.54, 1.807) is 0 Å². The fraction of sp³-hybridized carbons (Fsp3) is 0.444. The van der Waals surface area contributed by atoms with Gasteiger partial charge in [-0.25, -0.2) is 9.78 Å². The molecule has 2 fully saturated rings. The van der Waals surface area contributed by atoms with Gasteiger partial charge in [0.15, 0.2) is 0 Å². The average Bonchev–Trinajstić information content (AvgIpc) is 3.49. The zero-order chi connectivity index (χ0) is 27.4. The Morgan fingerprint density at radius 1 is 1.05 bits per heavy atom. The number of fused-ring (bicyclic) bond motifs is 1. The van der Waals surface area contributed by atoms with Crippen molar-refractivity contribution in [3.05, 3.63) is 65.5 Å². The molecule has 1 unspecified atom stereocenters. The van der Waals surface area contributed by atoms with Crippen LogP contribution >= 0.6 is 0 Å². The van der Waals surface area contributed by atoms with E-state index in [0.29, 0.717) is 12.1 Å². The Morgan fingerprint density at radius 2 is 1.71 bits per heavy atom. The van der Waals surface area contributed by atoms with E-state index in [2.05, 4.69) is 33.7 Å². The molecule has 5 rings (SSSR count). The maximum atomic E-state index is 13.2. The van der Waals surface area contributed by atoms with Gasteiger partial charge in [0.1, 0.15) is 5.82 Å². The molecule has 0 aliphatic carbocycles. The van der Waals surface area contributed by atoms with Crippen molar-refractivity contribution in [2.45, 2.75) is 43.9 Å². The molecule has 3 heterocycles. The molecular weight excluding hydrogens is 499 g/mol. The molecular formula is C27H32F3N5O3. The minimum absolute atomic E-state index is 0.119. The highest BCUT2D eigenvalue weighted by atomic mass is 19.4. The van der Waals surface area contributed by atoms with Gasteiger partial charge >= 0.3 is 12.1 Å². The molecule has 0 spiro atoms. The van der Waals surface area contributed by atoms with Gasteiger partial charge in [-0.3, -0.25) is 9.69 Å². The highest BCUT2D eigenvalue weighted by Gasteiger charge is 2.38. The van der Waals surface area contributed by atoms with Crippen LogP contribution < -0.4 is 5.73 Å². The number of likely N-dealkylation sites (tertiary alicyclic amines) is 2. The predicted molar refractivity (Wildman–Crippen MR) is 137 cm³/mol. The van der Waals surface area contributed by atoms with Gasteiger partial charge in [0.05, 0.1) is 11.0 Å². The molecule has 2 aliphatic heterocycles. The van der Waals surface area contributed by atoms with Crippen LogP contribution in [0.1, 0.15) is 41.0 Å². The van der Waals surface area contributed by atoms with Crippen LogP contribution in [0.4, 0.5) is 13.2 Å². The molecule has 2 aliphatic rings. The fourth-order valence-electron chi connectivity index (χ4n) is 5.01. The number of piperidine rings is 1. The van der Waals surface area contributed by atoms with Crippen LogP contribution in [0.5, 0.6) is 0 Å². The molecule has 3 aromatic rings. The standard InChI is InChI=1S/C25H31N5O.C2HF3O2/c1-28-23-8-7-19(16-22(23)27-24(28)15-18-5-3-2-4-6-18)25(31)30-14-11-21(17-30)29-12-9-20(26)10-13-29;3-2(4,5)1(6)7/h2-8,16,20-21H,9-15,17,26H2,1H3;(H,6,7). The molecule has 0 bridgehead atoms. The summed E-state index contributed by atoms with van der Waals surface area (Å²) in [5.41, 5.74) is 9.97. The van der Waals surface area contributed by atoms with Crippen LogP contribution in [0.2, 0.25) is 0 Å². The Morgan fingerprint density at radius 3 is 2.34 bits per heavy atom. The van der Waals surface area contributed by atoms with Gasteiger partial charge in [-0.1, -0.05) is 30.3 Å². The van der Waals surface area contributed by atoms with Gasteiger partial charge in [-0.15, -0.1) is 0 Å². The summed E-state index contributed by atoms with van der Waals surface area (Å²) >= 11 is 0. The third-order valence-electron chi connectivity index (χ3n) is 7.21. The molecule has 1 atom stereocenters. The van der Waals surface area contributed by atoms with Crippen LogP contribution in [-0.2, 0) is 18.3 Å². The van der Waals surface area contributed by atoms with E-state index in [-0.39, 0.29) is 5.91 Å². The summed E-state index contributed by atoms with van der Waals surface area (Å²) in [4.78, 5) is 31.5. The van der Waals surface area contributed by atoms with Crippen molar-refractivity contribution in [2.75, 3.05) is 26.2 Å². The third kappa shape index (κ3) is 6.51. The Hall–Kier alpha value is -3.44. The van der Waals surface area contributed by atoms with Crippen molar-refractivity contribution in [2.24, 2.45) is 12.8 Å². The van der Waals surface area contributed by atoms with Crippen LogP contribution in [0.3, 0.4) is 0 Å². The number of aliphatic carboxylic acids is 1. The zero-order valence-electron chi connectivity index (χ0n) is 21.2. The molecule has 3 N–H and O–H groups in total. The second-order valence-electron chi connectivity index (χ2n) is 9.82. The SMILES string of the molecule is Cn1c(Cc2ccccc2)nc2cc(C(=O)N3CCC(N4CCC(N)CC4)C3)ccc21.O=C(O)C(F)(F)F. The van der Waals surface area contributed by atoms with E-state index in [1.807, 2.05) is 36.2 Å². The number of hydrogen-bond acceptors (Lipinski definition) is 5. The Kier molecular flexibility index (Phi) is 8.37.